The molecule has 0 bridgehead atoms. The minimum Gasteiger partial charge on any atom is -0.467 e. The van der Waals surface area contributed by atoms with Crippen LogP contribution in [0.1, 0.15) is 22.4 Å². The van der Waals surface area contributed by atoms with Gasteiger partial charge in [0.25, 0.3) is 5.91 Å². The van der Waals surface area contributed by atoms with E-state index in [0.29, 0.717) is 17.2 Å². The average Bonchev–Trinajstić information content (AvgIpc) is 3.45. The van der Waals surface area contributed by atoms with Crippen LogP contribution in [0.2, 0.25) is 0 Å². The number of alkyl halides is 3. The maximum absolute atomic E-state index is 13.9. The van der Waals surface area contributed by atoms with Crippen LogP contribution in [0.4, 0.5) is 13.2 Å². The van der Waals surface area contributed by atoms with Gasteiger partial charge in [0.1, 0.15) is 0 Å². The van der Waals surface area contributed by atoms with Crippen LogP contribution in [0, 0.1) is 13.8 Å². The second-order valence-electron chi connectivity index (χ2n) is 8.29. The zero-order valence-electron chi connectivity index (χ0n) is 19.3. The van der Waals surface area contributed by atoms with Crippen LogP contribution in [0.5, 0.6) is 17.4 Å². The molecule has 2 aromatic carbocycles. The summed E-state index contributed by atoms with van der Waals surface area (Å²) in [4.78, 5) is 16.6. The number of fused-ring (bicyclic) bond motifs is 2. The van der Waals surface area contributed by atoms with E-state index < -0.39 is 24.3 Å². The molecule has 8 nitrogen and oxygen atoms in total. The maximum atomic E-state index is 13.9. The lowest BCUT2D eigenvalue weighted by Gasteiger charge is -2.12. The monoisotopic (exact) mass is 498 g/mol. The van der Waals surface area contributed by atoms with E-state index in [1.54, 1.807) is 30.3 Å². The molecule has 0 atom stereocenters. The van der Waals surface area contributed by atoms with E-state index in [1.165, 1.54) is 11.6 Å². The Morgan fingerprint density at radius 3 is 2.58 bits per heavy atom. The number of nitrogens with zero attached hydrogens (tertiary/aromatic N) is 3. The molecule has 0 fully saturated rings. The number of nitrogens with one attached hydrogen (secondary N) is 1. The molecule has 0 radical (unpaired) electrons. The number of hydrogen-bond acceptors (Lipinski definition) is 6. The predicted octanol–water partition coefficient (Wildman–Crippen LogP) is 4.48. The van der Waals surface area contributed by atoms with E-state index in [2.05, 4.69) is 15.4 Å². The van der Waals surface area contributed by atoms with Crippen molar-refractivity contribution in [3.05, 3.63) is 70.9 Å². The number of pyridine rings is 1. The lowest BCUT2D eigenvalue weighted by Crippen LogP contribution is -2.28. The van der Waals surface area contributed by atoms with Gasteiger partial charge in [0, 0.05) is 12.6 Å². The number of aromatic nitrogens is 3. The fourth-order valence-corrected chi connectivity index (χ4v) is 3.87. The number of hydrogen-bond donors (Lipinski definition) is 1. The summed E-state index contributed by atoms with van der Waals surface area (Å²) in [6, 6.07) is 13.2. The van der Waals surface area contributed by atoms with Crippen LogP contribution in [0.3, 0.4) is 0 Å². The molecule has 2 aromatic heterocycles. The Bertz CT molecular complexity index is 1450. The van der Waals surface area contributed by atoms with Crippen LogP contribution in [-0.2, 0) is 17.5 Å². The number of rotatable bonds is 6. The normalized spacial score (nSPS) is 12.7. The van der Waals surface area contributed by atoms with Crippen LogP contribution in [0.15, 0.2) is 48.5 Å². The van der Waals surface area contributed by atoms with E-state index in [-0.39, 0.29) is 35.9 Å². The molecule has 186 valence electrons. The minimum absolute atomic E-state index is 0.0121. The molecule has 4 aromatic rings. The second-order valence-corrected chi connectivity index (χ2v) is 8.29. The Morgan fingerprint density at radius 2 is 1.83 bits per heavy atom. The van der Waals surface area contributed by atoms with Crippen molar-refractivity contribution in [2.45, 2.75) is 26.6 Å². The number of halogens is 3. The highest BCUT2D eigenvalue weighted by molar-refractivity contribution is 5.85. The van der Waals surface area contributed by atoms with Crippen LogP contribution in [0.25, 0.3) is 16.7 Å². The first-order chi connectivity index (χ1) is 17.2. The SMILES string of the molecule is Cc1ccc(-n2nc(C)c3c(C(F)(F)F)cc(OCC(=O)NCc4ccc5c(c4)OCO5)nc32)cc1. The zero-order chi connectivity index (χ0) is 25.4. The highest BCUT2D eigenvalue weighted by Crippen LogP contribution is 2.38. The highest BCUT2D eigenvalue weighted by atomic mass is 19.4. The van der Waals surface area contributed by atoms with Gasteiger partial charge in [0.2, 0.25) is 12.7 Å². The number of aryl methyl sites for hydroxylation is 2. The van der Waals surface area contributed by atoms with Gasteiger partial charge in [-0.25, -0.2) is 4.68 Å². The van der Waals surface area contributed by atoms with Crippen molar-refractivity contribution in [2.24, 2.45) is 0 Å². The van der Waals surface area contributed by atoms with Crippen LogP contribution in [-0.4, -0.2) is 34.1 Å². The lowest BCUT2D eigenvalue weighted by atomic mass is 10.1. The molecule has 0 spiro atoms. The molecule has 1 aliphatic heterocycles. The molecule has 1 amide bonds. The summed E-state index contributed by atoms with van der Waals surface area (Å²) in [6.45, 7) is 3.20. The third-order valence-corrected chi connectivity index (χ3v) is 5.65. The highest BCUT2D eigenvalue weighted by Gasteiger charge is 2.36. The number of amides is 1. The summed E-state index contributed by atoms with van der Waals surface area (Å²) in [5.41, 5.74) is 1.55. The van der Waals surface area contributed by atoms with Gasteiger partial charge in [-0.05, 0) is 43.7 Å². The van der Waals surface area contributed by atoms with Gasteiger partial charge in [-0.3, -0.25) is 4.79 Å². The fourth-order valence-electron chi connectivity index (χ4n) is 3.87. The fraction of sp³-hybridized carbons (Fsp3) is 0.240. The first kappa shape index (κ1) is 23.5. The second kappa shape index (κ2) is 9.06. The van der Waals surface area contributed by atoms with Crippen molar-refractivity contribution in [3.63, 3.8) is 0 Å². The summed E-state index contributed by atoms with van der Waals surface area (Å²) in [6.07, 6.45) is -4.67. The van der Waals surface area contributed by atoms with Gasteiger partial charge in [0.05, 0.1) is 22.3 Å². The van der Waals surface area contributed by atoms with E-state index in [4.69, 9.17) is 14.2 Å². The molecular weight excluding hydrogens is 477 g/mol. The smallest absolute Gasteiger partial charge is 0.417 e. The molecule has 5 rings (SSSR count). The number of ether oxygens (including phenoxy) is 3. The molecule has 3 heterocycles. The molecule has 1 N–H and O–H groups in total. The summed E-state index contributed by atoms with van der Waals surface area (Å²) >= 11 is 0. The van der Waals surface area contributed by atoms with Crippen LogP contribution >= 0.6 is 0 Å². The Hall–Kier alpha value is -4.28. The largest absolute Gasteiger partial charge is 0.467 e. The van der Waals surface area contributed by atoms with Gasteiger partial charge in [-0.1, -0.05) is 23.8 Å². The third kappa shape index (κ3) is 4.64. The summed E-state index contributed by atoms with van der Waals surface area (Å²) in [7, 11) is 0. The summed E-state index contributed by atoms with van der Waals surface area (Å²) < 4.78 is 59.1. The van der Waals surface area contributed by atoms with E-state index >= 15 is 0 Å². The van der Waals surface area contributed by atoms with Gasteiger partial charge < -0.3 is 19.5 Å². The van der Waals surface area contributed by atoms with Gasteiger partial charge >= 0.3 is 6.18 Å². The molecule has 11 heteroatoms. The average molecular weight is 498 g/mol. The van der Waals surface area contributed by atoms with E-state index in [1.807, 2.05) is 19.1 Å². The lowest BCUT2D eigenvalue weighted by molar-refractivity contribution is -0.136. The van der Waals surface area contributed by atoms with Crippen molar-refractivity contribution < 1.29 is 32.2 Å². The Morgan fingerprint density at radius 1 is 1.08 bits per heavy atom. The standard InChI is InChI=1S/C25H21F3N4O4/c1-14-3-6-17(7-4-14)32-24-23(15(2)31-32)18(25(26,27)28)10-22(30-24)34-12-21(33)29-11-16-5-8-19-20(9-16)36-13-35-19/h3-10H,11-13H2,1-2H3,(H,29,33). The molecule has 0 aliphatic carbocycles. The molecule has 0 unspecified atom stereocenters. The summed E-state index contributed by atoms with van der Waals surface area (Å²) in [5, 5.41) is 6.83. The molecule has 0 saturated heterocycles. The van der Waals surface area contributed by atoms with E-state index in [9.17, 15) is 18.0 Å². The number of carbonyl (C=O) groups is 1. The van der Waals surface area contributed by atoms with Gasteiger partial charge in [-0.15, -0.1) is 0 Å². The third-order valence-electron chi connectivity index (χ3n) is 5.65. The Balaban J connectivity index is 1.37. The maximum Gasteiger partial charge on any atom is 0.417 e. The quantitative estimate of drug-likeness (QED) is 0.422. The zero-order valence-corrected chi connectivity index (χ0v) is 19.3. The van der Waals surface area contributed by atoms with Gasteiger partial charge in [0.15, 0.2) is 23.8 Å². The molecule has 0 saturated carbocycles. The predicted molar refractivity (Wildman–Crippen MR) is 123 cm³/mol. The van der Waals surface area contributed by atoms with Crippen molar-refractivity contribution in [1.29, 1.82) is 0 Å². The molecular formula is C25H21F3N4O4. The Kier molecular flexibility index (Phi) is 5.91. The topological polar surface area (TPSA) is 87.5 Å². The van der Waals surface area contributed by atoms with Crippen molar-refractivity contribution in [2.75, 3.05) is 13.4 Å². The molecule has 36 heavy (non-hydrogen) atoms. The van der Waals surface area contributed by atoms with Crippen molar-refractivity contribution in [1.82, 2.24) is 20.1 Å². The minimum atomic E-state index is -4.67. The molecule has 1 aliphatic rings. The first-order valence-electron chi connectivity index (χ1n) is 11.0. The Labute approximate surface area is 203 Å². The van der Waals surface area contributed by atoms with Crippen LogP contribution < -0.4 is 19.5 Å². The first-order valence-corrected chi connectivity index (χ1v) is 11.0. The van der Waals surface area contributed by atoms with E-state index in [0.717, 1.165) is 17.2 Å². The number of carbonyl (C=O) groups excluding carboxylic acids is 1. The van der Waals surface area contributed by atoms with Crippen molar-refractivity contribution >= 4 is 16.9 Å². The summed E-state index contributed by atoms with van der Waals surface area (Å²) in [5.74, 6) is 0.346. The number of benzene rings is 2. The van der Waals surface area contributed by atoms with Gasteiger partial charge in [-0.2, -0.15) is 23.3 Å². The van der Waals surface area contributed by atoms with Crippen molar-refractivity contribution in [3.8, 4) is 23.1 Å².